The summed E-state index contributed by atoms with van der Waals surface area (Å²) in [5.74, 6) is 3.60. The minimum Gasteiger partial charge on any atom is -0.463 e. The number of hydrogen-bond donors (Lipinski definition) is 1. The van der Waals surface area contributed by atoms with E-state index in [2.05, 4.69) is 6.92 Å². The lowest BCUT2D eigenvalue weighted by Gasteiger charge is -2.56. The van der Waals surface area contributed by atoms with Crippen molar-refractivity contribution in [2.45, 2.75) is 77.2 Å². The van der Waals surface area contributed by atoms with Crippen LogP contribution in [0.3, 0.4) is 0 Å². The number of aliphatic hydroxyl groups is 1. The highest BCUT2D eigenvalue weighted by atomic mass is 16.5. The first-order valence-electron chi connectivity index (χ1n) is 11.5. The minimum absolute atomic E-state index is 0.157. The fourth-order valence-electron chi connectivity index (χ4n) is 7.77. The molecule has 4 heteroatoms. The Bertz CT molecular complexity index is 628. The molecule has 0 heterocycles. The molecule has 0 aliphatic heterocycles. The van der Waals surface area contributed by atoms with Crippen molar-refractivity contribution in [2.24, 2.45) is 35.0 Å². The van der Waals surface area contributed by atoms with E-state index in [1.165, 1.54) is 37.7 Å². The number of allylic oxidation sites excluding steroid dienone is 1. The van der Waals surface area contributed by atoms with Crippen molar-refractivity contribution < 1.29 is 19.4 Å². The highest BCUT2D eigenvalue weighted by molar-refractivity contribution is 5.83. The van der Waals surface area contributed by atoms with Gasteiger partial charge in [-0.3, -0.25) is 0 Å². The Balaban J connectivity index is 1.49. The summed E-state index contributed by atoms with van der Waals surface area (Å²) >= 11 is 0. The summed E-state index contributed by atoms with van der Waals surface area (Å²) < 4.78 is 10.5. The molecule has 0 amide bonds. The molecule has 4 saturated carbocycles. The molecule has 4 rings (SSSR count). The van der Waals surface area contributed by atoms with E-state index in [9.17, 15) is 9.90 Å². The van der Waals surface area contributed by atoms with Crippen molar-refractivity contribution in [3.63, 3.8) is 0 Å². The lowest BCUT2D eigenvalue weighted by Crippen LogP contribution is -2.51. The van der Waals surface area contributed by atoms with Crippen molar-refractivity contribution >= 4 is 5.97 Å². The van der Waals surface area contributed by atoms with Crippen molar-refractivity contribution in [1.29, 1.82) is 0 Å². The smallest absolute Gasteiger partial charge is 0.330 e. The van der Waals surface area contributed by atoms with Crippen LogP contribution in [0.5, 0.6) is 0 Å². The fraction of sp³-hybridized carbons (Fsp3) is 0.875. The Kier molecular flexibility index (Phi) is 5.65. The number of fused-ring (bicyclic) bond motifs is 5. The van der Waals surface area contributed by atoms with E-state index in [0.717, 1.165) is 43.4 Å². The number of methoxy groups -OCH3 is 1. The molecule has 0 spiro atoms. The third-order valence-corrected chi connectivity index (χ3v) is 8.94. The molecule has 158 valence electrons. The van der Waals surface area contributed by atoms with Gasteiger partial charge < -0.3 is 14.6 Å². The molecular weight excluding hydrogens is 352 g/mol. The topological polar surface area (TPSA) is 55.8 Å². The molecule has 0 aromatic heterocycles. The average Bonchev–Trinajstić information content (AvgIpc) is 2.98. The number of carbonyl (C=O) groups is 1. The second kappa shape index (κ2) is 7.75. The van der Waals surface area contributed by atoms with E-state index in [4.69, 9.17) is 9.47 Å². The van der Waals surface area contributed by atoms with E-state index in [-0.39, 0.29) is 11.4 Å². The molecule has 0 radical (unpaired) electrons. The molecule has 0 saturated heterocycles. The number of hydrogen-bond acceptors (Lipinski definition) is 4. The second-order valence-electron chi connectivity index (χ2n) is 10.3. The van der Waals surface area contributed by atoms with Crippen LogP contribution in [0.25, 0.3) is 0 Å². The van der Waals surface area contributed by atoms with Crippen LogP contribution < -0.4 is 0 Å². The molecular formula is C24H38O4. The molecule has 0 aromatic rings. The Morgan fingerprint density at radius 1 is 1.14 bits per heavy atom. The van der Waals surface area contributed by atoms with Crippen molar-refractivity contribution in [3.8, 4) is 0 Å². The zero-order chi connectivity index (χ0) is 19.9. The first kappa shape index (κ1) is 20.4. The van der Waals surface area contributed by atoms with Gasteiger partial charge in [-0.15, -0.1) is 0 Å². The lowest BCUT2D eigenvalue weighted by atomic mass is 9.49. The van der Waals surface area contributed by atoms with Gasteiger partial charge in [0.15, 0.2) is 0 Å². The Hall–Kier alpha value is -0.870. The van der Waals surface area contributed by atoms with E-state index >= 15 is 0 Å². The third kappa shape index (κ3) is 3.45. The molecule has 4 aliphatic carbocycles. The van der Waals surface area contributed by atoms with Gasteiger partial charge >= 0.3 is 5.97 Å². The first-order valence-corrected chi connectivity index (χ1v) is 11.5. The highest BCUT2D eigenvalue weighted by Crippen LogP contribution is 2.64. The van der Waals surface area contributed by atoms with Crippen LogP contribution in [-0.2, 0) is 14.3 Å². The molecule has 4 fully saturated rings. The van der Waals surface area contributed by atoms with Gasteiger partial charge in [0.25, 0.3) is 0 Å². The predicted molar refractivity (Wildman–Crippen MR) is 109 cm³/mol. The second-order valence-corrected chi connectivity index (χ2v) is 10.3. The van der Waals surface area contributed by atoms with Crippen LogP contribution in [0.1, 0.15) is 71.6 Å². The van der Waals surface area contributed by atoms with Crippen molar-refractivity contribution in [1.82, 2.24) is 0 Å². The maximum absolute atomic E-state index is 12.1. The van der Waals surface area contributed by atoms with Crippen LogP contribution in [0.2, 0.25) is 0 Å². The zero-order valence-corrected chi connectivity index (χ0v) is 17.9. The molecule has 0 unspecified atom stereocenters. The number of esters is 1. The monoisotopic (exact) mass is 390 g/mol. The molecule has 4 nitrogen and oxygen atoms in total. The third-order valence-electron chi connectivity index (χ3n) is 8.94. The predicted octanol–water partition coefficient (Wildman–Crippen LogP) is 4.51. The van der Waals surface area contributed by atoms with Crippen LogP contribution in [0.4, 0.5) is 0 Å². The Morgan fingerprint density at radius 2 is 1.93 bits per heavy atom. The molecule has 7 atom stereocenters. The summed E-state index contributed by atoms with van der Waals surface area (Å²) in [7, 11) is 1.70. The maximum atomic E-state index is 12.1. The van der Waals surface area contributed by atoms with Crippen LogP contribution in [0, 0.1) is 35.0 Å². The SMILES string of the molecule is CCOC(=O)/C=C1\CC[C@H]2[C@@H]3CC[C@H]4C[C@@](O)(COC)CC[C@@H]4[C@H]3CC[C@]12C. The van der Waals surface area contributed by atoms with Gasteiger partial charge in [0.05, 0.1) is 18.8 Å². The summed E-state index contributed by atoms with van der Waals surface area (Å²) in [4.78, 5) is 12.1. The van der Waals surface area contributed by atoms with Gasteiger partial charge in [0.1, 0.15) is 0 Å². The van der Waals surface area contributed by atoms with E-state index in [1.54, 1.807) is 7.11 Å². The molecule has 0 bridgehead atoms. The lowest BCUT2D eigenvalue weighted by molar-refractivity contribution is -0.137. The Morgan fingerprint density at radius 3 is 2.68 bits per heavy atom. The fourth-order valence-corrected chi connectivity index (χ4v) is 7.77. The highest BCUT2D eigenvalue weighted by Gasteiger charge is 2.56. The Labute approximate surface area is 170 Å². The van der Waals surface area contributed by atoms with Crippen LogP contribution in [0.15, 0.2) is 11.6 Å². The van der Waals surface area contributed by atoms with Gasteiger partial charge in [0.2, 0.25) is 0 Å². The van der Waals surface area contributed by atoms with Gasteiger partial charge in [-0.1, -0.05) is 12.5 Å². The molecule has 4 aliphatic rings. The van der Waals surface area contributed by atoms with E-state index in [0.29, 0.717) is 25.0 Å². The minimum atomic E-state index is -0.602. The molecule has 28 heavy (non-hydrogen) atoms. The first-order chi connectivity index (χ1) is 13.4. The largest absolute Gasteiger partial charge is 0.463 e. The summed E-state index contributed by atoms with van der Waals surface area (Å²) in [5.41, 5.74) is 0.927. The van der Waals surface area contributed by atoms with Gasteiger partial charge in [-0.2, -0.15) is 0 Å². The summed E-state index contributed by atoms with van der Waals surface area (Å²) in [6.07, 6.45) is 12.1. The van der Waals surface area contributed by atoms with Gasteiger partial charge in [-0.25, -0.2) is 4.79 Å². The zero-order valence-electron chi connectivity index (χ0n) is 17.9. The number of ether oxygens (including phenoxy) is 2. The average molecular weight is 391 g/mol. The molecule has 1 N–H and O–H groups in total. The summed E-state index contributed by atoms with van der Waals surface area (Å²) in [6, 6.07) is 0. The normalized spacial score (nSPS) is 46.6. The van der Waals surface area contributed by atoms with Gasteiger partial charge in [-0.05, 0) is 99.7 Å². The number of rotatable bonds is 4. The number of carbonyl (C=O) groups excluding carboxylic acids is 1. The maximum Gasteiger partial charge on any atom is 0.330 e. The molecule has 0 aromatic carbocycles. The summed E-state index contributed by atoms with van der Waals surface area (Å²) in [5, 5.41) is 10.9. The van der Waals surface area contributed by atoms with Crippen molar-refractivity contribution in [2.75, 3.05) is 20.3 Å². The standard InChI is InChI=1S/C24H38O4/c1-4-28-22(25)13-17-6-8-21-20-7-5-16-14-24(26,15-27-3)12-10-18(16)19(20)9-11-23(17,21)2/h13,16,18-21,26H,4-12,14-15H2,1-3H3/b17-13+/t16-,18-,19+,20+,21-,23+,24+/m0/s1. The quantitative estimate of drug-likeness (QED) is 0.567. The van der Waals surface area contributed by atoms with Crippen LogP contribution >= 0.6 is 0 Å². The van der Waals surface area contributed by atoms with E-state index < -0.39 is 5.60 Å². The van der Waals surface area contributed by atoms with Crippen molar-refractivity contribution in [3.05, 3.63) is 11.6 Å². The van der Waals surface area contributed by atoms with E-state index in [1.807, 2.05) is 13.0 Å². The van der Waals surface area contributed by atoms with Gasteiger partial charge in [0, 0.05) is 13.2 Å². The van der Waals surface area contributed by atoms with Crippen LogP contribution in [-0.4, -0.2) is 37.0 Å². The summed E-state index contributed by atoms with van der Waals surface area (Å²) in [6.45, 7) is 5.21.